The number of benzene rings is 1. The predicted octanol–water partition coefficient (Wildman–Crippen LogP) is 3.48. The molecule has 1 aromatic carbocycles. The molecule has 0 unspecified atom stereocenters. The number of carboxylic acid groups (broad SMARTS) is 2. The summed E-state index contributed by atoms with van der Waals surface area (Å²) in [5.41, 5.74) is 0.135. The van der Waals surface area contributed by atoms with E-state index in [0.29, 0.717) is 23.1 Å². The van der Waals surface area contributed by atoms with Gasteiger partial charge in [-0.05, 0) is 52.2 Å². The zero-order valence-corrected chi connectivity index (χ0v) is 18.3. The van der Waals surface area contributed by atoms with Crippen molar-refractivity contribution in [3.8, 4) is 0 Å². The van der Waals surface area contributed by atoms with E-state index in [4.69, 9.17) is 0 Å². The molecular formula is C23H34O4-2. The fourth-order valence-corrected chi connectivity index (χ4v) is 3.41. The molecule has 4 heteroatoms. The Kier molecular flexibility index (Phi) is 6.57. The lowest BCUT2D eigenvalue weighted by Gasteiger charge is -2.39. The van der Waals surface area contributed by atoms with Crippen LogP contribution in [0.4, 0.5) is 0 Å². The van der Waals surface area contributed by atoms with Gasteiger partial charge in [-0.2, -0.15) is 0 Å². The van der Waals surface area contributed by atoms with Crippen molar-refractivity contribution >= 4 is 11.9 Å². The van der Waals surface area contributed by atoms with Crippen LogP contribution in [0.3, 0.4) is 0 Å². The first-order valence-electron chi connectivity index (χ1n) is 9.83. The molecule has 27 heavy (non-hydrogen) atoms. The van der Waals surface area contributed by atoms with E-state index in [9.17, 15) is 19.8 Å². The normalized spacial score (nSPS) is 12.9. The molecule has 0 spiro atoms. The third-order valence-corrected chi connectivity index (χ3v) is 6.52. The lowest BCUT2D eigenvalue weighted by molar-refractivity contribution is -0.255. The molecule has 1 rings (SSSR count). The zero-order chi connectivity index (χ0) is 21.4. The summed E-state index contributed by atoms with van der Waals surface area (Å²) in [6.07, 6.45) is 2.03. The molecule has 0 aliphatic rings. The molecule has 0 radical (unpaired) electrons. The Morgan fingerprint density at radius 1 is 0.704 bits per heavy atom. The Labute approximate surface area is 164 Å². The molecule has 0 saturated heterocycles. The molecule has 1 aromatic rings. The Morgan fingerprint density at radius 2 is 1.00 bits per heavy atom. The Bertz CT molecular complexity index is 687. The lowest BCUT2D eigenvalue weighted by Crippen LogP contribution is -2.39. The van der Waals surface area contributed by atoms with Gasteiger partial charge in [-0.15, -0.1) is 0 Å². The molecule has 0 N–H and O–H groups in total. The van der Waals surface area contributed by atoms with Gasteiger partial charge in [0.25, 0.3) is 0 Å². The topological polar surface area (TPSA) is 80.3 Å². The molecule has 0 atom stereocenters. The van der Waals surface area contributed by atoms with Gasteiger partial charge in [0.2, 0.25) is 0 Å². The van der Waals surface area contributed by atoms with Crippen LogP contribution in [-0.4, -0.2) is 11.9 Å². The lowest BCUT2D eigenvalue weighted by atomic mass is 9.66. The van der Waals surface area contributed by atoms with Crippen LogP contribution in [0, 0.1) is 0 Å². The van der Waals surface area contributed by atoms with Crippen LogP contribution in [-0.2, 0) is 16.2 Å². The van der Waals surface area contributed by atoms with E-state index < -0.39 is 28.2 Å². The Balaban J connectivity index is 4.36. The molecule has 0 saturated carbocycles. The molecule has 0 fully saturated rings. The number of aromatic carboxylic acids is 2. The van der Waals surface area contributed by atoms with Crippen molar-refractivity contribution in [3.63, 3.8) is 0 Å². The summed E-state index contributed by atoms with van der Waals surface area (Å²) in [4.78, 5) is 24.5. The summed E-state index contributed by atoms with van der Waals surface area (Å²) in [6, 6.07) is 1.78. The van der Waals surface area contributed by atoms with Crippen molar-refractivity contribution < 1.29 is 19.8 Å². The fraction of sp³-hybridized carbons (Fsp3) is 0.652. The number of carbonyl (C=O) groups is 2. The number of hydrogen-bond donors (Lipinski definition) is 0. The third kappa shape index (κ3) is 4.20. The second kappa shape index (κ2) is 7.65. The number of rotatable bonds is 8. The maximum atomic E-state index is 12.2. The Hall–Kier alpha value is -1.84. The highest BCUT2D eigenvalue weighted by molar-refractivity contribution is 5.99. The van der Waals surface area contributed by atoms with E-state index in [1.807, 2.05) is 62.3 Å². The van der Waals surface area contributed by atoms with Gasteiger partial charge in [0, 0.05) is 11.1 Å². The summed E-state index contributed by atoms with van der Waals surface area (Å²) in [6.45, 7) is 17.6. The minimum atomic E-state index is -1.33. The van der Waals surface area contributed by atoms with Gasteiger partial charge < -0.3 is 19.8 Å². The molecule has 0 aliphatic heterocycles. The monoisotopic (exact) mass is 374 g/mol. The van der Waals surface area contributed by atoms with E-state index >= 15 is 0 Å². The van der Waals surface area contributed by atoms with Gasteiger partial charge in [0.15, 0.2) is 0 Å². The molecule has 0 bridgehead atoms. The van der Waals surface area contributed by atoms with Crippen molar-refractivity contribution in [2.24, 2.45) is 0 Å². The predicted molar refractivity (Wildman–Crippen MR) is 105 cm³/mol. The molecule has 0 aromatic heterocycles. The van der Waals surface area contributed by atoms with Crippen molar-refractivity contribution in [3.05, 3.63) is 33.9 Å². The van der Waals surface area contributed by atoms with Crippen LogP contribution in [0.5, 0.6) is 0 Å². The summed E-state index contributed by atoms with van der Waals surface area (Å²) < 4.78 is 0. The SMILES string of the molecule is CCC(C)(C)c1cc(C(C)(C)CC)c(C(=O)[O-])c(C(C)(C)CC)c1C(=O)[O-]. The van der Waals surface area contributed by atoms with Gasteiger partial charge >= 0.3 is 0 Å². The Morgan fingerprint density at radius 3 is 1.22 bits per heavy atom. The van der Waals surface area contributed by atoms with E-state index in [1.54, 1.807) is 6.07 Å². The highest BCUT2D eigenvalue weighted by Gasteiger charge is 2.36. The van der Waals surface area contributed by atoms with Crippen molar-refractivity contribution in [1.29, 1.82) is 0 Å². The third-order valence-electron chi connectivity index (χ3n) is 6.52. The minimum absolute atomic E-state index is 0.0172. The van der Waals surface area contributed by atoms with Crippen molar-refractivity contribution in [2.75, 3.05) is 0 Å². The average Bonchev–Trinajstić information content (AvgIpc) is 2.59. The number of carbonyl (C=O) groups excluding carboxylic acids is 2. The highest BCUT2D eigenvalue weighted by atomic mass is 16.4. The number of hydrogen-bond acceptors (Lipinski definition) is 4. The molecule has 0 amide bonds. The second-order valence-corrected chi connectivity index (χ2v) is 9.38. The van der Waals surface area contributed by atoms with Gasteiger partial charge in [0.1, 0.15) is 0 Å². The van der Waals surface area contributed by atoms with Crippen LogP contribution < -0.4 is 10.2 Å². The van der Waals surface area contributed by atoms with Crippen LogP contribution in [0.25, 0.3) is 0 Å². The average molecular weight is 375 g/mol. The molecule has 0 heterocycles. The highest BCUT2D eigenvalue weighted by Crippen LogP contribution is 2.44. The van der Waals surface area contributed by atoms with E-state index in [-0.39, 0.29) is 11.1 Å². The summed E-state index contributed by atoms with van der Waals surface area (Å²) in [5.74, 6) is -2.65. The standard InChI is InChI=1S/C23H36O4/c1-10-21(4,5)14-13-15(22(6,7)11-2)17(20(26)27)18(16(14)19(24)25)23(8,9)12-3/h13H,10-12H2,1-9H3,(H,24,25)(H,26,27)/p-2. The zero-order valence-electron chi connectivity index (χ0n) is 18.3. The smallest absolute Gasteiger partial charge is 0.0721 e. The summed E-state index contributed by atoms with van der Waals surface area (Å²) in [7, 11) is 0. The fourth-order valence-electron chi connectivity index (χ4n) is 3.41. The van der Waals surface area contributed by atoms with E-state index in [1.165, 1.54) is 0 Å². The quantitative estimate of drug-likeness (QED) is 0.698. The maximum Gasteiger partial charge on any atom is 0.0721 e. The van der Waals surface area contributed by atoms with Crippen molar-refractivity contribution in [2.45, 2.75) is 97.8 Å². The van der Waals surface area contributed by atoms with Crippen LogP contribution in [0.15, 0.2) is 6.07 Å². The first kappa shape index (κ1) is 23.2. The van der Waals surface area contributed by atoms with Gasteiger partial charge in [0.05, 0.1) is 11.9 Å². The van der Waals surface area contributed by atoms with Crippen LogP contribution in [0.2, 0.25) is 0 Å². The summed E-state index contributed by atoms with van der Waals surface area (Å²) >= 11 is 0. The maximum absolute atomic E-state index is 12.2. The first-order valence-corrected chi connectivity index (χ1v) is 9.83. The molecular weight excluding hydrogens is 340 g/mol. The minimum Gasteiger partial charge on any atom is -0.545 e. The van der Waals surface area contributed by atoms with Crippen LogP contribution in [0.1, 0.15) is 119 Å². The molecule has 0 aliphatic carbocycles. The first-order chi connectivity index (χ1) is 12.2. The van der Waals surface area contributed by atoms with Gasteiger partial charge in [-0.3, -0.25) is 0 Å². The second-order valence-electron chi connectivity index (χ2n) is 9.38. The van der Waals surface area contributed by atoms with E-state index in [2.05, 4.69) is 0 Å². The largest absolute Gasteiger partial charge is 0.545 e. The molecule has 152 valence electrons. The van der Waals surface area contributed by atoms with Gasteiger partial charge in [-0.25, -0.2) is 0 Å². The van der Waals surface area contributed by atoms with E-state index in [0.717, 1.165) is 12.8 Å². The van der Waals surface area contributed by atoms with Crippen LogP contribution >= 0.6 is 0 Å². The molecule has 4 nitrogen and oxygen atoms in total. The van der Waals surface area contributed by atoms with Gasteiger partial charge in [-0.1, -0.05) is 68.4 Å². The number of carboxylic acids is 2. The summed E-state index contributed by atoms with van der Waals surface area (Å²) in [5, 5.41) is 24.5. The van der Waals surface area contributed by atoms with Crippen molar-refractivity contribution in [1.82, 2.24) is 0 Å².